The highest BCUT2D eigenvalue weighted by Gasteiger charge is 2.08. The van der Waals surface area contributed by atoms with E-state index in [1.165, 1.54) is 0 Å². The second-order valence-corrected chi connectivity index (χ2v) is 4.67. The molecule has 0 atom stereocenters. The molecule has 1 N–H and O–H groups in total. The zero-order valence-corrected chi connectivity index (χ0v) is 11.6. The molecule has 102 valence electrons. The molecule has 0 aliphatic carbocycles. The number of furan rings is 1. The number of hydrogen-bond donors (Lipinski definition) is 1. The number of aromatic nitrogens is 2. The van der Waals surface area contributed by atoms with Gasteiger partial charge in [-0.15, -0.1) is 0 Å². The van der Waals surface area contributed by atoms with Crippen LogP contribution in [0.1, 0.15) is 34.1 Å². The van der Waals surface area contributed by atoms with Gasteiger partial charge in [-0.3, -0.25) is 9.48 Å². The molecular weight excluding hydrogens is 242 g/mol. The summed E-state index contributed by atoms with van der Waals surface area (Å²) in [6.07, 6.45) is 0.841. The van der Waals surface area contributed by atoms with Gasteiger partial charge in [0.1, 0.15) is 5.76 Å². The van der Waals surface area contributed by atoms with Crippen LogP contribution in [-0.4, -0.2) is 22.2 Å². The van der Waals surface area contributed by atoms with E-state index in [1.54, 1.807) is 12.1 Å². The maximum absolute atomic E-state index is 11.7. The molecule has 5 heteroatoms. The molecule has 0 aliphatic heterocycles. The van der Waals surface area contributed by atoms with Crippen molar-refractivity contribution in [1.29, 1.82) is 0 Å². The Bertz CT molecular complexity index is 569. The van der Waals surface area contributed by atoms with Crippen molar-refractivity contribution >= 4 is 5.91 Å². The highest BCUT2D eigenvalue weighted by molar-refractivity contribution is 5.91. The lowest BCUT2D eigenvalue weighted by atomic mass is 10.3. The Morgan fingerprint density at radius 3 is 2.74 bits per heavy atom. The van der Waals surface area contributed by atoms with E-state index < -0.39 is 0 Å². The number of carbonyl (C=O) groups excluding carboxylic acids is 1. The Morgan fingerprint density at radius 1 is 1.37 bits per heavy atom. The maximum Gasteiger partial charge on any atom is 0.286 e. The van der Waals surface area contributed by atoms with Crippen LogP contribution in [0.15, 0.2) is 22.6 Å². The van der Waals surface area contributed by atoms with Crippen molar-refractivity contribution in [2.24, 2.45) is 0 Å². The highest BCUT2D eigenvalue weighted by atomic mass is 16.3. The molecule has 19 heavy (non-hydrogen) atoms. The van der Waals surface area contributed by atoms with E-state index in [1.807, 2.05) is 31.5 Å². The second kappa shape index (κ2) is 5.73. The summed E-state index contributed by atoms with van der Waals surface area (Å²) < 4.78 is 7.21. The Morgan fingerprint density at radius 2 is 2.16 bits per heavy atom. The molecule has 0 unspecified atom stereocenters. The zero-order chi connectivity index (χ0) is 13.8. The van der Waals surface area contributed by atoms with Gasteiger partial charge in [-0.1, -0.05) is 0 Å². The van der Waals surface area contributed by atoms with Crippen LogP contribution < -0.4 is 5.32 Å². The molecule has 0 saturated heterocycles. The third-order valence-electron chi connectivity index (χ3n) is 2.90. The number of hydrogen-bond acceptors (Lipinski definition) is 3. The Kier molecular flexibility index (Phi) is 4.04. The van der Waals surface area contributed by atoms with E-state index in [4.69, 9.17) is 4.42 Å². The van der Waals surface area contributed by atoms with Crippen LogP contribution in [0.5, 0.6) is 0 Å². The third-order valence-corrected chi connectivity index (χ3v) is 2.90. The summed E-state index contributed by atoms with van der Waals surface area (Å²) in [7, 11) is 0. The lowest BCUT2D eigenvalue weighted by Gasteiger charge is -2.05. The van der Waals surface area contributed by atoms with Gasteiger partial charge >= 0.3 is 0 Å². The van der Waals surface area contributed by atoms with Gasteiger partial charge < -0.3 is 9.73 Å². The number of aryl methyl sites for hydroxylation is 4. The van der Waals surface area contributed by atoms with E-state index in [9.17, 15) is 4.79 Å². The van der Waals surface area contributed by atoms with Gasteiger partial charge in [0.05, 0.1) is 5.69 Å². The summed E-state index contributed by atoms with van der Waals surface area (Å²) in [5, 5.41) is 7.21. The summed E-state index contributed by atoms with van der Waals surface area (Å²) in [6, 6.07) is 5.51. The van der Waals surface area contributed by atoms with Gasteiger partial charge in [0, 0.05) is 18.8 Å². The van der Waals surface area contributed by atoms with Gasteiger partial charge in [0.15, 0.2) is 5.76 Å². The summed E-state index contributed by atoms with van der Waals surface area (Å²) in [6.45, 7) is 7.24. The van der Waals surface area contributed by atoms with E-state index in [0.29, 0.717) is 12.3 Å². The molecule has 0 aromatic carbocycles. The highest BCUT2D eigenvalue weighted by Crippen LogP contribution is 2.06. The molecule has 0 bridgehead atoms. The fourth-order valence-electron chi connectivity index (χ4n) is 1.98. The predicted octanol–water partition coefficient (Wildman–Crippen LogP) is 2.22. The van der Waals surface area contributed by atoms with Crippen LogP contribution in [-0.2, 0) is 6.54 Å². The predicted molar refractivity (Wildman–Crippen MR) is 72.1 cm³/mol. The first-order chi connectivity index (χ1) is 9.06. The van der Waals surface area contributed by atoms with Crippen LogP contribution in [0.3, 0.4) is 0 Å². The minimum Gasteiger partial charge on any atom is -0.456 e. The molecule has 0 saturated carbocycles. The smallest absolute Gasteiger partial charge is 0.286 e. The first-order valence-corrected chi connectivity index (χ1v) is 6.42. The van der Waals surface area contributed by atoms with Gasteiger partial charge in [-0.2, -0.15) is 5.10 Å². The number of nitrogens with zero attached hydrogens (tertiary/aromatic N) is 2. The van der Waals surface area contributed by atoms with Crippen molar-refractivity contribution in [3.05, 3.63) is 41.1 Å². The Hall–Kier alpha value is -2.04. The maximum atomic E-state index is 11.7. The van der Waals surface area contributed by atoms with Crippen molar-refractivity contribution in [2.45, 2.75) is 33.7 Å². The standard InChI is InChI=1S/C14H19N3O2/c1-10-9-11(2)17(16-10)8-4-7-15-14(18)13-6-5-12(3)19-13/h5-6,9H,4,7-8H2,1-3H3,(H,15,18). The number of nitrogens with one attached hydrogen (secondary N) is 1. The van der Waals surface area contributed by atoms with Crippen molar-refractivity contribution in [2.75, 3.05) is 6.54 Å². The first-order valence-electron chi connectivity index (χ1n) is 6.42. The largest absolute Gasteiger partial charge is 0.456 e. The van der Waals surface area contributed by atoms with Gasteiger partial charge in [0.2, 0.25) is 0 Å². The fraction of sp³-hybridized carbons (Fsp3) is 0.429. The monoisotopic (exact) mass is 261 g/mol. The van der Waals surface area contributed by atoms with Crippen molar-refractivity contribution in [1.82, 2.24) is 15.1 Å². The van der Waals surface area contributed by atoms with Gasteiger partial charge in [0.25, 0.3) is 5.91 Å². The van der Waals surface area contributed by atoms with Gasteiger partial charge in [-0.05, 0) is 45.4 Å². The number of rotatable bonds is 5. The average Bonchev–Trinajstić information content (AvgIpc) is 2.91. The lowest BCUT2D eigenvalue weighted by molar-refractivity contribution is 0.0923. The molecule has 2 rings (SSSR count). The second-order valence-electron chi connectivity index (χ2n) is 4.67. The Balaban J connectivity index is 1.75. The molecule has 5 nitrogen and oxygen atoms in total. The van der Waals surface area contributed by atoms with Crippen LogP contribution in [0.25, 0.3) is 0 Å². The molecule has 0 radical (unpaired) electrons. The fourth-order valence-corrected chi connectivity index (χ4v) is 1.98. The third kappa shape index (κ3) is 3.47. The topological polar surface area (TPSA) is 60.1 Å². The van der Waals surface area contributed by atoms with Crippen LogP contribution in [0.2, 0.25) is 0 Å². The number of carbonyl (C=O) groups is 1. The molecule has 2 aromatic rings. The van der Waals surface area contributed by atoms with Crippen molar-refractivity contribution in [3.63, 3.8) is 0 Å². The van der Waals surface area contributed by atoms with Gasteiger partial charge in [-0.25, -0.2) is 0 Å². The van der Waals surface area contributed by atoms with Crippen molar-refractivity contribution < 1.29 is 9.21 Å². The summed E-state index contributed by atoms with van der Waals surface area (Å²) in [4.78, 5) is 11.7. The van der Waals surface area contributed by atoms with Crippen molar-refractivity contribution in [3.8, 4) is 0 Å². The molecule has 0 fully saturated rings. The lowest BCUT2D eigenvalue weighted by Crippen LogP contribution is -2.25. The van der Waals surface area contributed by atoms with E-state index in [-0.39, 0.29) is 5.91 Å². The molecule has 0 aliphatic rings. The van der Waals surface area contributed by atoms with E-state index in [2.05, 4.69) is 10.4 Å². The average molecular weight is 261 g/mol. The molecule has 1 amide bonds. The summed E-state index contributed by atoms with van der Waals surface area (Å²) in [5.74, 6) is 0.942. The SMILES string of the molecule is Cc1cc(C)n(CCCNC(=O)c2ccc(C)o2)n1. The Labute approximate surface area is 112 Å². The minimum absolute atomic E-state index is 0.165. The minimum atomic E-state index is -0.165. The number of amides is 1. The summed E-state index contributed by atoms with van der Waals surface area (Å²) >= 11 is 0. The molecule has 2 heterocycles. The quantitative estimate of drug-likeness (QED) is 0.839. The van der Waals surface area contributed by atoms with E-state index >= 15 is 0 Å². The first kappa shape index (κ1) is 13.4. The van der Waals surface area contributed by atoms with Crippen LogP contribution >= 0.6 is 0 Å². The molecule has 0 spiro atoms. The molecule has 2 aromatic heterocycles. The van der Waals surface area contributed by atoms with Crippen LogP contribution in [0, 0.1) is 20.8 Å². The normalized spacial score (nSPS) is 10.7. The molecular formula is C14H19N3O2. The van der Waals surface area contributed by atoms with Crippen LogP contribution in [0.4, 0.5) is 0 Å². The zero-order valence-electron chi connectivity index (χ0n) is 11.6. The summed E-state index contributed by atoms with van der Waals surface area (Å²) in [5.41, 5.74) is 2.16. The van der Waals surface area contributed by atoms with E-state index in [0.717, 1.165) is 30.1 Å².